The molecule has 20 heavy (non-hydrogen) atoms. The Labute approximate surface area is 114 Å². The van der Waals surface area contributed by atoms with Gasteiger partial charge in [0.25, 0.3) is 0 Å². The Kier molecular flexibility index (Phi) is 4.17. The SMILES string of the molecule is NC(CN1CCCC1=O)c1ccc(OC(F)(F)F)cc1. The highest BCUT2D eigenvalue weighted by molar-refractivity contribution is 5.78. The second-order valence-corrected chi connectivity index (χ2v) is 4.67. The molecule has 2 rings (SSSR count). The number of halogens is 3. The van der Waals surface area contributed by atoms with Crippen molar-refractivity contribution in [1.29, 1.82) is 0 Å². The van der Waals surface area contributed by atoms with Crippen molar-refractivity contribution >= 4 is 5.91 Å². The Morgan fingerprint density at radius 1 is 1.30 bits per heavy atom. The first kappa shape index (κ1) is 14.6. The van der Waals surface area contributed by atoms with E-state index in [1.165, 1.54) is 24.3 Å². The second-order valence-electron chi connectivity index (χ2n) is 4.67. The summed E-state index contributed by atoms with van der Waals surface area (Å²) < 4.78 is 39.9. The molecular weight excluding hydrogens is 273 g/mol. The third kappa shape index (κ3) is 3.86. The van der Waals surface area contributed by atoms with E-state index < -0.39 is 12.4 Å². The Morgan fingerprint density at radius 3 is 2.45 bits per heavy atom. The summed E-state index contributed by atoms with van der Waals surface area (Å²) in [6.07, 6.45) is -3.35. The van der Waals surface area contributed by atoms with E-state index >= 15 is 0 Å². The molecule has 1 aliphatic heterocycles. The maximum absolute atomic E-state index is 12.0. The number of ether oxygens (including phenoxy) is 1. The van der Waals surface area contributed by atoms with Crippen LogP contribution in [0.5, 0.6) is 5.75 Å². The van der Waals surface area contributed by atoms with Crippen molar-refractivity contribution in [1.82, 2.24) is 4.90 Å². The van der Waals surface area contributed by atoms with Gasteiger partial charge in [0.1, 0.15) is 5.75 Å². The summed E-state index contributed by atoms with van der Waals surface area (Å²) in [5.74, 6) is -0.219. The summed E-state index contributed by atoms with van der Waals surface area (Å²) >= 11 is 0. The Bertz CT molecular complexity index is 473. The zero-order valence-electron chi connectivity index (χ0n) is 10.7. The van der Waals surface area contributed by atoms with Crippen molar-refractivity contribution in [2.75, 3.05) is 13.1 Å². The molecule has 1 aromatic carbocycles. The van der Waals surface area contributed by atoms with Crippen LogP contribution in [0.3, 0.4) is 0 Å². The summed E-state index contributed by atoms with van der Waals surface area (Å²) in [7, 11) is 0. The molecule has 7 heteroatoms. The molecule has 1 heterocycles. The van der Waals surface area contributed by atoms with E-state index in [2.05, 4.69) is 4.74 Å². The van der Waals surface area contributed by atoms with Crippen LogP contribution < -0.4 is 10.5 Å². The first-order valence-corrected chi connectivity index (χ1v) is 6.24. The van der Waals surface area contributed by atoms with E-state index in [-0.39, 0.29) is 11.7 Å². The molecule has 110 valence electrons. The van der Waals surface area contributed by atoms with E-state index in [0.717, 1.165) is 6.42 Å². The maximum atomic E-state index is 12.0. The zero-order valence-corrected chi connectivity index (χ0v) is 10.7. The van der Waals surface area contributed by atoms with Gasteiger partial charge in [0, 0.05) is 25.6 Å². The Hall–Kier alpha value is -1.76. The molecule has 0 radical (unpaired) electrons. The number of carbonyl (C=O) groups is 1. The van der Waals surface area contributed by atoms with Gasteiger partial charge < -0.3 is 15.4 Å². The van der Waals surface area contributed by atoms with Gasteiger partial charge in [-0.25, -0.2) is 0 Å². The minimum atomic E-state index is -4.70. The lowest BCUT2D eigenvalue weighted by molar-refractivity contribution is -0.274. The number of rotatable bonds is 4. The van der Waals surface area contributed by atoms with Gasteiger partial charge in [0.05, 0.1) is 0 Å². The van der Waals surface area contributed by atoms with Crippen LogP contribution in [0.4, 0.5) is 13.2 Å². The first-order valence-electron chi connectivity index (χ1n) is 6.24. The van der Waals surface area contributed by atoms with Gasteiger partial charge in [-0.15, -0.1) is 13.2 Å². The zero-order chi connectivity index (χ0) is 14.8. The molecule has 1 aromatic rings. The van der Waals surface area contributed by atoms with Crippen molar-refractivity contribution in [3.8, 4) is 5.75 Å². The number of nitrogens with zero attached hydrogens (tertiary/aromatic N) is 1. The molecule has 1 amide bonds. The van der Waals surface area contributed by atoms with Gasteiger partial charge in [-0.2, -0.15) is 0 Å². The molecule has 1 atom stereocenters. The Balaban J connectivity index is 1.96. The lowest BCUT2D eigenvalue weighted by atomic mass is 10.1. The van der Waals surface area contributed by atoms with Crippen LogP contribution in [0, 0.1) is 0 Å². The summed E-state index contributed by atoms with van der Waals surface area (Å²) in [5, 5.41) is 0. The number of hydrogen-bond acceptors (Lipinski definition) is 3. The number of benzene rings is 1. The quantitative estimate of drug-likeness (QED) is 0.924. The van der Waals surface area contributed by atoms with Crippen molar-refractivity contribution in [2.24, 2.45) is 5.73 Å². The minimum Gasteiger partial charge on any atom is -0.406 e. The van der Waals surface area contributed by atoms with E-state index in [4.69, 9.17) is 5.73 Å². The Morgan fingerprint density at radius 2 is 1.95 bits per heavy atom. The molecule has 1 aliphatic rings. The summed E-state index contributed by atoms with van der Waals surface area (Å²) in [4.78, 5) is 13.1. The van der Waals surface area contributed by atoms with Gasteiger partial charge >= 0.3 is 6.36 Å². The van der Waals surface area contributed by atoms with Gasteiger partial charge in [-0.1, -0.05) is 12.1 Å². The van der Waals surface area contributed by atoms with E-state index in [1.807, 2.05) is 0 Å². The highest BCUT2D eigenvalue weighted by Gasteiger charge is 2.31. The smallest absolute Gasteiger partial charge is 0.406 e. The summed E-state index contributed by atoms with van der Waals surface area (Å²) in [6, 6.07) is 4.97. The highest BCUT2D eigenvalue weighted by Crippen LogP contribution is 2.24. The fraction of sp³-hybridized carbons (Fsp3) is 0.462. The van der Waals surface area contributed by atoms with Gasteiger partial charge in [0.15, 0.2) is 0 Å². The van der Waals surface area contributed by atoms with Crippen molar-refractivity contribution < 1.29 is 22.7 Å². The van der Waals surface area contributed by atoms with Crippen molar-refractivity contribution in [2.45, 2.75) is 25.2 Å². The number of hydrogen-bond donors (Lipinski definition) is 1. The fourth-order valence-corrected chi connectivity index (χ4v) is 2.16. The summed E-state index contributed by atoms with van der Waals surface area (Å²) in [5.41, 5.74) is 6.62. The number of nitrogens with two attached hydrogens (primary N) is 1. The van der Waals surface area contributed by atoms with Crippen LogP contribution in [0.25, 0.3) is 0 Å². The van der Waals surface area contributed by atoms with Gasteiger partial charge in [0.2, 0.25) is 5.91 Å². The van der Waals surface area contributed by atoms with Crippen LogP contribution in [-0.2, 0) is 4.79 Å². The highest BCUT2D eigenvalue weighted by atomic mass is 19.4. The molecule has 0 bridgehead atoms. The molecule has 0 aromatic heterocycles. The molecule has 0 spiro atoms. The standard InChI is InChI=1S/C13H15F3N2O2/c14-13(15,16)20-10-5-3-9(4-6-10)11(17)8-18-7-1-2-12(18)19/h3-6,11H,1-2,7-8,17H2. The van der Waals surface area contributed by atoms with Crippen LogP contribution in [-0.4, -0.2) is 30.3 Å². The van der Waals surface area contributed by atoms with E-state index in [1.54, 1.807) is 4.90 Å². The average Bonchev–Trinajstić information content (AvgIpc) is 2.74. The van der Waals surface area contributed by atoms with Crippen LogP contribution in [0.15, 0.2) is 24.3 Å². The van der Waals surface area contributed by atoms with Crippen LogP contribution in [0.2, 0.25) is 0 Å². The van der Waals surface area contributed by atoms with Gasteiger partial charge in [-0.3, -0.25) is 4.79 Å². The van der Waals surface area contributed by atoms with E-state index in [9.17, 15) is 18.0 Å². The molecule has 0 aliphatic carbocycles. The van der Waals surface area contributed by atoms with Crippen LogP contribution >= 0.6 is 0 Å². The van der Waals surface area contributed by atoms with Crippen LogP contribution in [0.1, 0.15) is 24.4 Å². The monoisotopic (exact) mass is 288 g/mol. The molecule has 2 N–H and O–H groups in total. The first-order chi connectivity index (χ1) is 9.35. The van der Waals surface area contributed by atoms with Crippen molar-refractivity contribution in [3.05, 3.63) is 29.8 Å². The molecule has 4 nitrogen and oxygen atoms in total. The van der Waals surface area contributed by atoms with Gasteiger partial charge in [-0.05, 0) is 24.1 Å². The minimum absolute atomic E-state index is 0.0671. The lowest BCUT2D eigenvalue weighted by Crippen LogP contribution is -2.33. The summed E-state index contributed by atoms with van der Waals surface area (Å²) in [6.45, 7) is 1.06. The van der Waals surface area contributed by atoms with Crippen molar-refractivity contribution in [3.63, 3.8) is 0 Å². The third-order valence-corrected chi connectivity index (χ3v) is 3.13. The molecule has 1 saturated heterocycles. The normalized spacial score (nSPS) is 17.4. The largest absolute Gasteiger partial charge is 0.573 e. The van der Waals surface area contributed by atoms with E-state index in [0.29, 0.717) is 25.1 Å². The molecule has 1 unspecified atom stereocenters. The second kappa shape index (κ2) is 5.70. The third-order valence-electron chi connectivity index (χ3n) is 3.13. The fourth-order valence-electron chi connectivity index (χ4n) is 2.16. The maximum Gasteiger partial charge on any atom is 0.573 e. The average molecular weight is 288 g/mol. The topological polar surface area (TPSA) is 55.6 Å². The number of amides is 1. The molecule has 1 fully saturated rings. The predicted molar refractivity (Wildman–Crippen MR) is 65.9 cm³/mol. The lowest BCUT2D eigenvalue weighted by Gasteiger charge is -2.21. The predicted octanol–water partition coefficient (Wildman–Crippen LogP) is 2.21. The number of alkyl halides is 3. The number of carbonyl (C=O) groups excluding carboxylic acids is 1. The molecular formula is C13H15F3N2O2. The number of likely N-dealkylation sites (tertiary alicyclic amines) is 1. The molecule has 0 saturated carbocycles.